The quantitative estimate of drug-likeness (QED) is 0.237. The van der Waals surface area contributed by atoms with Crippen LogP contribution in [0.25, 0.3) is 0 Å². The summed E-state index contributed by atoms with van der Waals surface area (Å²) in [4.78, 5) is 13.8. The van der Waals surface area contributed by atoms with E-state index in [4.69, 9.17) is 4.74 Å². The second-order valence-electron chi connectivity index (χ2n) is 8.32. The first-order chi connectivity index (χ1) is 17.0. The lowest BCUT2D eigenvalue weighted by Gasteiger charge is -2.26. The highest BCUT2D eigenvalue weighted by Crippen LogP contribution is 2.18. The van der Waals surface area contributed by atoms with Gasteiger partial charge in [-0.25, -0.2) is 0 Å². The van der Waals surface area contributed by atoms with Gasteiger partial charge in [0.15, 0.2) is 0 Å². The maximum absolute atomic E-state index is 12.7. The highest BCUT2D eigenvalue weighted by Gasteiger charge is 2.25. The molecule has 0 spiro atoms. The molecule has 0 radical (unpaired) electrons. The molecular formula is C28H35ClN2O4S. The van der Waals surface area contributed by atoms with Crippen LogP contribution in [-0.4, -0.2) is 53.8 Å². The summed E-state index contributed by atoms with van der Waals surface area (Å²) < 4.78 is 5.26. The Kier molecular flexibility index (Phi) is 13.4. The number of amides is 1. The van der Waals surface area contributed by atoms with Crippen LogP contribution < -0.4 is 15.4 Å². The topological polar surface area (TPSA) is 90.8 Å². The van der Waals surface area contributed by atoms with Gasteiger partial charge >= 0.3 is 0 Å². The molecule has 8 heteroatoms. The van der Waals surface area contributed by atoms with Gasteiger partial charge in [0.05, 0.1) is 19.3 Å². The van der Waals surface area contributed by atoms with Crippen molar-refractivity contribution in [1.29, 1.82) is 0 Å². The summed E-state index contributed by atoms with van der Waals surface area (Å²) in [6.07, 6.45) is -1.19. The van der Waals surface area contributed by atoms with Crippen LogP contribution in [0.2, 0.25) is 0 Å². The van der Waals surface area contributed by atoms with E-state index in [1.807, 2.05) is 84.9 Å². The highest BCUT2D eigenvalue weighted by atomic mass is 35.5. The first-order valence-corrected chi connectivity index (χ1v) is 12.8. The Labute approximate surface area is 223 Å². The SMILES string of the molecule is COc1cccc(CNC[C@H](O)[C@H](Cc2ccccc2)NC(=O)C(O)CCSc2ccccc2)c1.Cl. The van der Waals surface area contributed by atoms with Gasteiger partial charge in [-0.1, -0.05) is 60.7 Å². The zero-order valence-corrected chi connectivity index (χ0v) is 22.0. The number of methoxy groups -OCH3 is 1. The third kappa shape index (κ3) is 10.2. The Morgan fingerprint density at radius 1 is 0.944 bits per heavy atom. The van der Waals surface area contributed by atoms with Crippen molar-refractivity contribution >= 4 is 30.1 Å². The van der Waals surface area contributed by atoms with Crippen LogP contribution in [-0.2, 0) is 17.8 Å². The molecule has 36 heavy (non-hydrogen) atoms. The number of carbonyl (C=O) groups excluding carboxylic acids is 1. The lowest BCUT2D eigenvalue weighted by Crippen LogP contribution is -2.51. The van der Waals surface area contributed by atoms with Gasteiger partial charge in [0.1, 0.15) is 11.9 Å². The van der Waals surface area contributed by atoms with E-state index in [0.717, 1.165) is 21.8 Å². The molecule has 194 valence electrons. The minimum absolute atomic E-state index is 0. The van der Waals surface area contributed by atoms with Crippen molar-refractivity contribution in [3.05, 3.63) is 96.1 Å². The van der Waals surface area contributed by atoms with Crippen LogP contribution in [0.5, 0.6) is 5.75 Å². The van der Waals surface area contributed by atoms with E-state index < -0.39 is 24.2 Å². The van der Waals surface area contributed by atoms with Crippen molar-refractivity contribution in [3.8, 4) is 5.75 Å². The smallest absolute Gasteiger partial charge is 0.249 e. The van der Waals surface area contributed by atoms with Crippen molar-refractivity contribution < 1.29 is 19.7 Å². The predicted octanol–water partition coefficient (Wildman–Crippen LogP) is 3.84. The summed E-state index contributed by atoms with van der Waals surface area (Å²) in [5.74, 6) is 0.928. The molecule has 0 aromatic heterocycles. The number of thioether (sulfide) groups is 1. The van der Waals surface area contributed by atoms with Gasteiger partial charge in [-0.15, -0.1) is 24.2 Å². The Morgan fingerprint density at radius 3 is 2.31 bits per heavy atom. The van der Waals surface area contributed by atoms with Gasteiger partial charge in [-0.2, -0.15) is 0 Å². The van der Waals surface area contributed by atoms with E-state index >= 15 is 0 Å². The molecule has 0 aliphatic heterocycles. The molecule has 3 aromatic rings. The Morgan fingerprint density at radius 2 is 1.61 bits per heavy atom. The third-order valence-corrected chi connectivity index (χ3v) is 6.66. The standard InChI is InChI=1S/C28H34N2O4S.ClH/c1-34-23-12-8-11-22(17-23)19-29-20-27(32)25(18-21-9-4-2-5-10-21)30-28(33)26(31)15-16-35-24-13-6-3-7-14-24;/h2-14,17,25-27,29,31-32H,15-16,18-20H2,1H3,(H,30,33);1H/t25-,26?,27-;/m0./s1. The molecule has 4 N–H and O–H groups in total. The number of rotatable bonds is 14. The Bertz CT molecular complexity index is 1030. The lowest BCUT2D eigenvalue weighted by molar-refractivity contribution is -0.131. The van der Waals surface area contributed by atoms with E-state index in [9.17, 15) is 15.0 Å². The molecule has 0 bridgehead atoms. The van der Waals surface area contributed by atoms with Crippen molar-refractivity contribution in [1.82, 2.24) is 10.6 Å². The summed E-state index contributed by atoms with van der Waals surface area (Å²) in [5.41, 5.74) is 2.03. The number of halogens is 1. The summed E-state index contributed by atoms with van der Waals surface area (Å²) >= 11 is 1.60. The number of nitrogens with one attached hydrogen (secondary N) is 2. The van der Waals surface area contributed by atoms with Crippen molar-refractivity contribution in [2.24, 2.45) is 0 Å². The van der Waals surface area contributed by atoms with Crippen LogP contribution in [0, 0.1) is 0 Å². The predicted molar refractivity (Wildman–Crippen MR) is 148 cm³/mol. The van der Waals surface area contributed by atoms with Gasteiger partial charge in [-0.05, 0) is 48.2 Å². The molecule has 0 saturated heterocycles. The van der Waals surface area contributed by atoms with E-state index in [0.29, 0.717) is 25.1 Å². The minimum atomic E-state index is -1.14. The molecule has 6 nitrogen and oxygen atoms in total. The molecule has 0 fully saturated rings. The number of carbonyl (C=O) groups is 1. The van der Waals surface area contributed by atoms with Crippen LogP contribution >= 0.6 is 24.2 Å². The normalized spacial score (nSPS) is 13.2. The maximum atomic E-state index is 12.7. The van der Waals surface area contributed by atoms with Gasteiger partial charge in [0.2, 0.25) is 5.91 Å². The fourth-order valence-electron chi connectivity index (χ4n) is 3.66. The lowest BCUT2D eigenvalue weighted by atomic mass is 10.0. The fourth-order valence-corrected chi connectivity index (χ4v) is 4.58. The van der Waals surface area contributed by atoms with Gasteiger partial charge in [0, 0.05) is 23.7 Å². The third-order valence-electron chi connectivity index (χ3n) is 5.61. The van der Waals surface area contributed by atoms with Gasteiger partial charge < -0.3 is 25.6 Å². The first-order valence-electron chi connectivity index (χ1n) is 11.8. The molecule has 0 heterocycles. The molecule has 0 aliphatic rings. The van der Waals surface area contributed by atoms with Crippen LogP contribution in [0.4, 0.5) is 0 Å². The van der Waals surface area contributed by atoms with Crippen LogP contribution in [0.3, 0.4) is 0 Å². The van der Waals surface area contributed by atoms with Crippen LogP contribution in [0.15, 0.2) is 89.8 Å². The molecule has 3 aromatic carbocycles. The number of benzene rings is 3. The number of hydrogen-bond acceptors (Lipinski definition) is 6. The summed E-state index contributed by atoms with van der Waals surface area (Å²) in [6, 6.07) is 26.8. The summed E-state index contributed by atoms with van der Waals surface area (Å²) in [7, 11) is 1.63. The zero-order chi connectivity index (χ0) is 24.9. The molecule has 1 amide bonds. The first kappa shape index (κ1) is 29.7. The molecule has 0 saturated carbocycles. The van der Waals surface area contributed by atoms with E-state index in [1.54, 1.807) is 18.9 Å². The largest absolute Gasteiger partial charge is 0.497 e. The summed E-state index contributed by atoms with van der Waals surface area (Å²) in [6.45, 7) is 0.842. The van der Waals surface area contributed by atoms with E-state index in [2.05, 4.69) is 10.6 Å². The van der Waals surface area contributed by atoms with Crippen LogP contribution in [0.1, 0.15) is 17.5 Å². The number of aliphatic hydroxyl groups excluding tert-OH is 2. The van der Waals surface area contributed by atoms with E-state index in [1.165, 1.54) is 0 Å². The number of hydrogen-bond donors (Lipinski definition) is 4. The molecule has 3 rings (SSSR count). The van der Waals surface area contributed by atoms with Crippen molar-refractivity contribution in [3.63, 3.8) is 0 Å². The maximum Gasteiger partial charge on any atom is 0.249 e. The molecule has 3 atom stereocenters. The average Bonchev–Trinajstić information content (AvgIpc) is 2.89. The van der Waals surface area contributed by atoms with E-state index in [-0.39, 0.29) is 19.0 Å². The fraction of sp³-hybridized carbons (Fsp3) is 0.321. The Hall–Kier alpha value is -2.55. The molecular weight excluding hydrogens is 496 g/mol. The zero-order valence-electron chi connectivity index (χ0n) is 20.4. The monoisotopic (exact) mass is 530 g/mol. The van der Waals surface area contributed by atoms with Crippen molar-refractivity contribution in [2.75, 3.05) is 19.4 Å². The molecule has 0 aliphatic carbocycles. The van der Waals surface area contributed by atoms with Gasteiger partial charge in [-0.3, -0.25) is 4.79 Å². The highest BCUT2D eigenvalue weighted by molar-refractivity contribution is 7.99. The Balaban J connectivity index is 0.00000456. The van der Waals surface area contributed by atoms with Crippen molar-refractivity contribution in [2.45, 2.75) is 42.5 Å². The number of ether oxygens (including phenoxy) is 1. The van der Waals surface area contributed by atoms with Gasteiger partial charge in [0.25, 0.3) is 0 Å². The average molecular weight is 531 g/mol. The number of aliphatic hydroxyl groups is 2. The molecule has 1 unspecified atom stereocenters. The second kappa shape index (κ2) is 16.2. The second-order valence-corrected chi connectivity index (χ2v) is 9.49. The minimum Gasteiger partial charge on any atom is -0.497 e. The summed E-state index contributed by atoms with van der Waals surface area (Å²) in [5, 5.41) is 27.5.